The molecule has 0 aliphatic carbocycles. The molecule has 216 valence electrons. The first-order valence-electron chi connectivity index (χ1n) is 13.3. The lowest BCUT2D eigenvalue weighted by molar-refractivity contribution is -0.358. The predicted molar refractivity (Wildman–Crippen MR) is 149 cm³/mol. The van der Waals surface area contributed by atoms with E-state index in [4.69, 9.17) is 34.0 Å². The van der Waals surface area contributed by atoms with Gasteiger partial charge in [0.1, 0.15) is 12.2 Å². The van der Waals surface area contributed by atoms with E-state index in [1.807, 2.05) is 30.3 Å². The molecule has 2 heterocycles. The Bertz CT molecular complexity index is 1430. The Morgan fingerprint density at radius 1 is 0.929 bits per heavy atom. The second-order valence-corrected chi connectivity index (χ2v) is 9.49. The average Bonchev–Trinajstić information content (AvgIpc) is 3.04. The minimum absolute atomic E-state index is 0.0599. The molecule has 2 saturated heterocycles. The van der Waals surface area contributed by atoms with Crippen molar-refractivity contribution >= 4 is 11.9 Å². The van der Waals surface area contributed by atoms with Crippen LogP contribution in [0.4, 0.5) is 0 Å². The summed E-state index contributed by atoms with van der Waals surface area (Å²) in [6, 6.07) is 24.3. The molecular formula is C31H29N3O8. The largest absolute Gasteiger partial charge is 0.452 e. The summed E-state index contributed by atoms with van der Waals surface area (Å²) in [6.07, 6.45) is -4.37. The molecule has 11 nitrogen and oxygen atoms in total. The molecule has 5 rings (SSSR count). The Balaban J connectivity index is 1.49. The molecule has 0 bridgehead atoms. The van der Waals surface area contributed by atoms with Gasteiger partial charge in [0.2, 0.25) is 0 Å². The molecular weight excluding hydrogens is 542 g/mol. The number of hydrogen-bond acceptors (Lipinski definition) is 9. The van der Waals surface area contributed by atoms with Gasteiger partial charge < -0.3 is 28.4 Å². The zero-order valence-corrected chi connectivity index (χ0v) is 22.6. The fraction of sp³-hybridized carbons (Fsp3) is 0.290. The van der Waals surface area contributed by atoms with E-state index in [1.54, 1.807) is 54.6 Å². The summed E-state index contributed by atoms with van der Waals surface area (Å²) in [5, 5.41) is 3.58. The summed E-state index contributed by atoms with van der Waals surface area (Å²) >= 11 is 0. The van der Waals surface area contributed by atoms with Gasteiger partial charge in [-0.15, -0.1) is 6.58 Å². The molecule has 6 atom stereocenters. The van der Waals surface area contributed by atoms with Crippen molar-refractivity contribution in [3.8, 4) is 0 Å². The van der Waals surface area contributed by atoms with Gasteiger partial charge in [0.25, 0.3) is 0 Å². The first-order valence-corrected chi connectivity index (χ1v) is 13.3. The summed E-state index contributed by atoms with van der Waals surface area (Å²) < 4.78 is 36.4. The van der Waals surface area contributed by atoms with Crippen molar-refractivity contribution < 1.29 is 38.0 Å². The van der Waals surface area contributed by atoms with Crippen LogP contribution in [0.1, 0.15) is 38.1 Å². The lowest BCUT2D eigenvalue weighted by Crippen LogP contribution is -2.64. The van der Waals surface area contributed by atoms with Crippen LogP contribution >= 0.6 is 0 Å². The first kappa shape index (κ1) is 29.0. The van der Waals surface area contributed by atoms with Crippen molar-refractivity contribution in [2.24, 2.45) is 5.11 Å². The smallest absolute Gasteiger partial charge is 0.339 e. The van der Waals surface area contributed by atoms with Crippen molar-refractivity contribution in [3.05, 3.63) is 130 Å². The van der Waals surface area contributed by atoms with E-state index < -0.39 is 48.9 Å². The van der Waals surface area contributed by atoms with E-state index in [0.717, 1.165) is 5.56 Å². The van der Waals surface area contributed by atoms with Crippen molar-refractivity contribution in [2.75, 3.05) is 13.2 Å². The van der Waals surface area contributed by atoms with Gasteiger partial charge in [-0.2, -0.15) is 0 Å². The van der Waals surface area contributed by atoms with Gasteiger partial charge in [-0.25, -0.2) is 9.59 Å². The zero-order valence-electron chi connectivity index (χ0n) is 22.6. The molecule has 0 N–H and O–H groups in total. The summed E-state index contributed by atoms with van der Waals surface area (Å²) in [7, 11) is 0. The van der Waals surface area contributed by atoms with Crippen LogP contribution < -0.4 is 0 Å². The van der Waals surface area contributed by atoms with Crippen LogP contribution in [-0.4, -0.2) is 55.9 Å². The van der Waals surface area contributed by atoms with E-state index in [2.05, 4.69) is 16.6 Å². The monoisotopic (exact) mass is 571 g/mol. The van der Waals surface area contributed by atoms with Crippen LogP contribution in [0.25, 0.3) is 10.4 Å². The Kier molecular flexibility index (Phi) is 9.60. The van der Waals surface area contributed by atoms with E-state index in [-0.39, 0.29) is 25.3 Å². The SMILES string of the molecule is C=CCO[C@H]1O[C@@H]2CO[C@@H](c3ccccc3)O[C@H]2[C@H](OC(=O)c2ccccc2)[C@H]1OC(=O)c1ccccc1CN=[N+]=[N-]. The second-order valence-electron chi connectivity index (χ2n) is 9.49. The fourth-order valence-corrected chi connectivity index (χ4v) is 4.80. The zero-order chi connectivity index (χ0) is 29.3. The van der Waals surface area contributed by atoms with Crippen molar-refractivity contribution in [3.63, 3.8) is 0 Å². The molecule has 0 saturated carbocycles. The van der Waals surface area contributed by atoms with E-state index in [9.17, 15) is 9.59 Å². The Morgan fingerprint density at radius 2 is 1.62 bits per heavy atom. The number of azide groups is 1. The average molecular weight is 572 g/mol. The van der Waals surface area contributed by atoms with Crippen LogP contribution in [0.15, 0.2) is 103 Å². The molecule has 0 radical (unpaired) electrons. The van der Waals surface area contributed by atoms with Crippen LogP contribution in [0.3, 0.4) is 0 Å². The first-order chi connectivity index (χ1) is 20.6. The molecule has 0 aromatic heterocycles. The van der Waals surface area contributed by atoms with Gasteiger partial charge in [-0.3, -0.25) is 0 Å². The van der Waals surface area contributed by atoms with Gasteiger partial charge >= 0.3 is 11.9 Å². The highest BCUT2D eigenvalue weighted by atomic mass is 16.8. The highest BCUT2D eigenvalue weighted by molar-refractivity contribution is 5.91. The maximum atomic E-state index is 13.6. The number of carbonyl (C=O) groups excluding carboxylic acids is 2. The second kappa shape index (κ2) is 13.9. The Morgan fingerprint density at radius 3 is 2.36 bits per heavy atom. The summed E-state index contributed by atoms with van der Waals surface area (Å²) in [5.74, 6) is -1.38. The normalized spacial score (nSPS) is 24.9. The maximum absolute atomic E-state index is 13.6. The number of benzene rings is 3. The number of ether oxygens (including phenoxy) is 6. The summed E-state index contributed by atoms with van der Waals surface area (Å²) in [6.45, 7) is 3.80. The molecule has 11 heteroatoms. The number of hydrogen-bond donors (Lipinski definition) is 0. The summed E-state index contributed by atoms with van der Waals surface area (Å²) in [5.41, 5.74) is 10.5. The minimum Gasteiger partial charge on any atom is -0.452 e. The van der Waals surface area contributed by atoms with Gasteiger partial charge in [-0.1, -0.05) is 77.9 Å². The third kappa shape index (κ3) is 6.68. The van der Waals surface area contributed by atoms with Crippen LogP contribution in [0.5, 0.6) is 0 Å². The van der Waals surface area contributed by atoms with Crippen molar-refractivity contribution in [2.45, 2.75) is 43.5 Å². The third-order valence-electron chi connectivity index (χ3n) is 6.77. The number of fused-ring (bicyclic) bond motifs is 1. The molecule has 2 aliphatic rings. The molecule has 0 unspecified atom stereocenters. The van der Waals surface area contributed by atoms with Gasteiger partial charge in [0, 0.05) is 10.5 Å². The van der Waals surface area contributed by atoms with Gasteiger partial charge in [0.05, 0.1) is 30.9 Å². The number of esters is 2. The third-order valence-corrected chi connectivity index (χ3v) is 6.77. The van der Waals surface area contributed by atoms with Crippen LogP contribution in [0.2, 0.25) is 0 Å². The highest BCUT2D eigenvalue weighted by Gasteiger charge is 2.54. The van der Waals surface area contributed by atoms with Crippen molar-refractivity contribution in [1.29, 1.82) is 0 Å². The van der Waals surface area contributed by atoms with E-state index in [1.165, 1.54) is 6.08 Å². The van der Waals surface area contributed by atoms with E-state index >= 15 is 0 Å². The van der Waals surface area contributed by atoms with Crippen molar-refractivity contribution in [1.82, 2.24) is 0 Å². The topological polar surface area (TPSA) is 138 Å². The molecule has 2 aliphatic heterocycles. The van der Waals surface area contributed by atoms with Crippen LogP contribution in [0, 0.1) is 0 Å². The summed E-state index contributed by atoms with van der Waals surface area (Å²) in [4.78, 5) is 29.7. The lowest BCUT2D eigenvalue weighted by atomic mass is 9.96. The fourth-order valence-electron chi connectivity index (χ4n) is 4.80. The Hall–Kier alpha value is -4.51. The lowest BCUT2D eigenvalue weighted by Gasteiger charge is -2.48. The van der Waals surface area contributed by atoms with Crippen LogP contribution in [-0.2, 0) is 35.0 Å². The van der Waals surface area contributed by atoms with Gasteiger partial charge in [0.15, 0.2) is 24.8 Å². The molecule has 2 fully saturated rings. The maximum Gasteiger partial charge on any atom is 0.339 e. The van der Waals surface area contributed by atoms with Gasteiger partial charge in [-0.05, 0) is 29.3 Å². The molecule has 3 aromatic carbocycles. The highest BCUT2D eigenvalue weighted by Crippen LogP contribution is 2.37. The molecule has 0 amide bonds. The number of rotatable bonds is 10. The minimum atomic E-state index is -1.24. The van der Waals surface area contributed by atoms with E-state index in [0.29, 0.717) is 11.1 Å². The predicted octanol–water partition coefficient (Wildman–Crippen LogP) is 5.29. The number of nitrogens with zero attached hydrogens (tertiary/aromatic N) is 3. The molecule has 0 spiro atoms. The Labute approximate surface area is 242 Å². The molecule has 3 aromatic rings. The molecule has 42 heavy (non-hydrogen) atoms. The quantitative estimate of drug-likeness (QED) is 0.105. The number of carbonyl (C=O) groups is 2. The standard InChI is InChI=1S/C31H29N3O8/c1-2-17-37-31-27(41-29(36)23-16-10-9-15-22(23)18-33-34-32)26(40-28(35)20-11-5-3-6-12-20)25-24(39-31)19-38-30(42-25)21-13-7-4-8-14-21/h2-16,24-27,30-31H,1,17-19H2/t24-,25-,26+,27-,30-,31+/m1/s1.